The largest absolute Gasteiger partial charge is 0.463 e. The number of urea groups is 1. The van der Waals surface area contributed by atoms with E-state index < -0.39 is 24.0 Å². The maximum Gasteiger partial charge on any atom is 0.339 e. The van der Waals surface area contributed by atoms with Crippen molar-refractivity contribution >= 4 is 28.9 Å². The molecule has 8 heteroatoms. The van der Waals surface area contributed by atoms with Gasteiger partial charge < -0.3 is 20.1 Å². The third-order valence-electron chi connectivity index (χ3n) is 4.28. The van der Waals surface area contributed by atoms with Gasteiger partial charge in [0, 0.05) is 11.1 Å². The first-order valence-electron chi connectivity index (χ1n) is 8.92. The molecule has 1 atom stereocenters. The van der Waals surface area contributed by atoms with E-state index in [1.165, 1.54) is 0 Å². The van der Waals surface area contributed by atoms with Crippen molar-refractivity contribution in [2.24, 2.45) is 0 Å². The molecule has 3 rings (SSSR count). The number of fused-ring (bicyclic) bond motifs is 1. The van der Waals surface area contributed by atoms with Crippen molar-refractivity contribution in [1.29, 1.82) is 0 Å². The Morgan fingerprint density at radius 3 is 2.68 bits per heavy atom. The monoisotopic (exact) mass is 383 g/mol. The lowest BCUT2D eigenvalue weighted by Crippen LogP contribution is -2.50. The third-order valence-corrected chi connectivity index (χ3v) is 4.28. The summed E-state index contributed by atoms with van der Waals surface area (Å²) in [5.41, 5.74) is 2.17. The second-order valence-electron chi connectivity index (χ2n) is 6.34. The van der Waals surface area contributed by atoms with E-state index in [1.807, 2.05) is 18.2 Å². The highest BCUT2D eigenvalue weighted by molar-refractivity contribution is 6.03. The molecule has 1 aliphatic rings. The number of hydrogen-bond acceptors (Lipinski definition) is 6. The molecule has 146 valence electrons. The Bertz CT molecular complexity index is 983. The van der Waals surface area contributed by atoms with E-state index in [4.69, 9.17) is 9.47 Å². The Balaban J connectivity index is 1.87. The van der Waals surface area contributed by atoms with Crippen LogP contribution in [-0.4, -0.2) is 42.2 Å². The van der Waals surface area contributed by atoms with Crippen molar-refractivity contribution in [2.45, 2.75) is 26.8 Å². The van der Waals surface area contributed by atoms with Gasteiger partial charge in [-0.15, -0.1) is 0 Å². The Morgan fingerprint density at radius 1 is 1.18 bits per heavy atom. The summed E-state index contributed by atoms with van der Waals surface area (Å²) in [5, 5.41) is 5.79. The Labute approximate surface area is 161 Å². The molecule has 1 aromatic carbocycles. The predicted octanol–water partition coefficient (Wildman–Crippen LogP) is 2.22. The van der Waals surface area contributed by atoms with Crippen LogP contribution in [0.2, 0.25) is 0 Å². The van der Waals surface area contributed by atoms with Crippen LogP contribution < -0.4 is 10.6 Å². The number of amides is 2. The van der Waals surface area contributed by atoms with Gasteiger partial charge in [-0.05, 0) is 32.9 Å². The maximum absolute atomic E-state index is 12.7. The number of aromatic nitrogens is 1. The Hall–Kier alpha value is -3.42. The number of ether oxygens (including phenoxy) is 2. The molecule has 8 nitrogen and oxygen atoms in total. The van der Waals surface area contributed by atoms with Gasteiger partial charge in [0.1, 0.15) is 6.61 Å². The van der Waals surface area contributed by atoms with Gasteiger partial charge in [-0.3, -0.25) is 4.98 Å². The minimum atomic E-state index is -0.571. The molecule has 0 unspecified atom stereocenters. The highest BCUT2D eigenvalue weighted by Gasteiger charge is 2.30. The van der Waals surface area contributed by atoms with Gasteiger partial charge in [0.15, 0.2) is 0 Å². The lowest BCUT2D eigenvalue weighted by atomic mass is 10.0. The summed E-state index contributed by atoms with van der Waals surface area (Å²) < 4.78 is 10.5. The minimum absolute atomic E-state index is 0.193. The van der Waals surface area contributed by atoms with Crippen LogP contribution in [-0.2, 0) is 14.3 Å². The summed E-state index contributed by atoms with van der Waals surface area (Å²) in [6.45, 7) is 5.07. The fraction of sp³-hybridized carbons (Fsp3) is 0.300. The molecule has 2 N–H and O–H groups in total. The zero-order valence-electron chi connectivity index (χ0n) is 15.9. The average molecular weight is 383 g/mol. The van der Waals surface area contributed by atoms with E-state index in [-0.39, 0.29) is 24.5 Å². The van der Waals surface area contributed by atoms with Gasteiger partial charge in [-0.1, -0.05) is 18.2 Å². The maximum atomic E-state index is 12.7. The lowest BCUT2D eigenvalue weighted by Gasteiger charge is -2.26. The van der Waals surface area contributed by atoms with E-state index in [2.05, 4.69) is 15.6 Å². The van der Waals surface area contributed by atoms with Crippen LogP contribution in [0, 0.1) is 6.92 Å². The molecule has 28 heavy (non-hydrogen) atoms. The number of aryl methyl sites for hydroxylation is 1. The van der Waals surface area contributed by atoms with Crippen LogP contribution >= 0.6 is 0 Å². The van der Waals surface area contributed by atoms with E-state index in [1.54, 1.807) is 32.9 Å². The number of carbonyl (C=O) groups excluding carboxylic acids is 3. The smallest absolute Gasteiger partial charge is 0.339 e. The van der Waals surface area contributed by atoms with Gasteiger partial charge in [0.25, 0.3) is 0 Å². The van der Waals surface area contributed by atoms with Crippen molar-refractivity contribution in [3.63, 3.8) is 0 Å². The van der Waals surface area contributed by atoms with Crippen LogP contribution in [0.25, 0.3) is 10.9 Å². The highest BCUT2D eigenvalue weighted by Crippen LogP contribution is 2.20. The Kier molecular flexibility index (Phi) is 5.58. The number of para-hydroxylation sites is 1. The van der Waals surface area contributed by atoms with Gasteiger partial charge >= 0.3 is 18.0 Å². The standard InChI is InChI=1S/C20H21N3O5/c1-4-27-19(25)17-12(3)22-20(26)23-16(17)10-28-18(24)14-9-11(2)21-15-8-6-5-7-13(14)15/h5-9,12H,4,10H2,1-3H3,(H2,22,23,26)/t12-/m0/s1. The van der Waals surface area contributed by atoms with E-state index in [0.717, 1.165) is 0 Å². The van der Waals surface area contributed by atoms with Gasteiger partial charge in [-0.2, -0.15) is 0 Å². The van der Waals surface area contributed by atoms with Crippen molar-refractivity contribution in [1.82, 2.24) is 15.6 Å². The minimum Gasteiger partial charge on any atom is -0.463 e. The predicted molar refractivity (Wildman–Crippen MR) is 102 cm³/mol. The number of esters is 2. The molecular weight excluding hydrogens is 362 g/mol. The summed E-state index contributed by atoms with van der Waals surface area (Å²) in [6.07, 6.45) is 0. The molecule has 2 aromatic rings. The molecule has 1 aromatic heterocycles. The summed E-state index contributed by atoms with van der Waals surface area (Å²) in [5.74, 6) is -1.14. The van der Waals surface area contributed by atoms with Gasteiger partial charge in [0.05, 0.1) is 35.0 Å². The molecule has 0 spiro atoms. The van der Waals surface area contributed by atoms with E-state index in [9.17, 15) is 14.4 Å². The van der Waals surface area contributed by atoms with Gasteiger partial charge in [-0.25, -0.2) is 14.4 Å². The molecule has 1 aliphatic heterocycles. The van der Waals surface area contributed by atoms with Crippen LogP contribution in [0.15, 0.2) is 41.6 Å². The van der Waals surface area contributed by atoms with Crippen molar-refractivity contribution in [2.75, 3.05) is 13.2 Å². The fourth-order valence-electron chi connectivity index (χ4n) is 3.09. The molecule has 0 saturated heterocycles. The fourth-order valence-corrected chi connectivity index (χ4v) is 3.09. The molecule has 0 fully saturated rings. The number of carbonyl (C=O) groups is 3. The van der Waals surface area contributed by atoms with Crippen LogP contribution in [0.5, 0.6) is 0 Å². The number of nitrogens with one attached hydrogen (secondary N) is 2. The first-order chi connectivity index (χ1) is 13.4. The van der Waals surface area contributed by atoms with Crippen LogP contribution in [0.1, 0.15) is 29.9 Å². The number of nitrogens with zero attached hydrogens (tertiary/aromatic N) is 1. The number of pyridine rings is 1. The second-order valence-corrected chi connectivity index (χ2v) is 6.34. The van der Waals surface area contributed by atoms with E-state index >= 15 is 0 Å². The zero-order chi connectivity index (χ0) is 20.3. The zero-order valence-corrected chi connectivity index (χ0v) is 15.9. The first kappa shape index (κ1) is 19.3. The summed E-state index contributed by atoms with van der Waals surface area (Å²) in [4.78, 5) is 41.1. The number of benzene rings is 1. The molecule has 0 aliphatic carbocycles. The third kappa shape index (κ3) is 3.95. The first-order valence-corrected chi connectivity index (χ1v) is 8.92. The highest BCUT2D eigenvalue weighted by atomic mass is 16.5. The topological polar surface area (TPSA) is 107 Å². The summed E-state index contributed by atoms with van der Waals surface area (Å²) in [6, 6.07) is 7.86. The molecule has 0 bridgehead atoms. The van der Waals surface area contributed by atoms with E-state index in [0.29, 0.717) is 22.2 Å². The molecule has 2 amide bonds. The molecule has 0 saturated carbocycles. The SMILES string of the molecule is CCOC(=O)C1=C(COC(=O)c2cc(C)nc3ccccc23)NC(=O)N[C@H]1C. The molecule has 2 heterocycles. The van der Waals surface area contributed by atoms with Crippen molar-refractivity contribution in [3.05, 3.63) is 52.9 Å². The number of rotatable bonds is 5. The number of hydrogen-bond donors (Lipinski definition) is 2. The van der Waals surface area contributed by atoms with Crippen molar-refractivity contribution in [3.8, 4) is 0 Å². The molecule has 0 radical (unpaired) electrons. The average Bonchev–Trinajstić information content (AvgIpc) is 2.65. The van der Waals surface area contributed by atoms with Crippen LogP contribution in [0.4, 0.5) is 4.79 Å². The lowest BCUT2D eigenvalue weighted by molar-refractivity contribution is -0.139. The normalized spacial score (nSPS) is 16.4. The second kappa shape index (κ2) is 8.08. The van der Waals surface area contributed by atoms with Gasteiger partial charge in [0.2, 0.25) is 0 Å². The van der Waals surface area contributed by atoms with Crippen LogP contribution in [0.3, 0.4) is 0 Å². The Morgan fingerprint density at radius 2 is 1.93 bits per heavy atom. The summed E-state index contributed by atoms with van der Waals surface area (Å²) >= 11 is 0. The quantitative estimate of drug-likeness (QED) is 0.767. The molecular formula is C20H21N3O5. The summed E-state index contributed by atoms with van der Waals surface area (Å²) in [7, 11) is 0. The van der Waals surface area contributed by atoms with Crippen molar-refractivity contribution < 1.29 is 23.9 Å².